The molecule has 0 spiro atoms. The normalized spacial score (nSPS) is 16.2. The van der Waals surface area contributed by atoms with Crippen LogP contribution < -0.4 is 20.1 Å². The van der Waals surface area contributed by atoms with Gasteiger partial charge in [0.2, 0.25) is 5.88 Å². The highest BCUT2D eigenvalue weighted by Crippen LogP contribution is 2.23. The standard InChI is InChI=1S/C23H32N4O4/c1-3-29-19-5-7-20(8-6-19)31-22-15-18(9-12-25-22)16-27-23(24-2)26-11-4-13-30-21-10-14-28-17-21/h5-9,12,15,21H,3-4,10-11,13-14,16-17H2,1-2H3,(H2,24,26,27). The minimum atomic E-state index is 0.253. The van der Waals surface area contributed by atoms with Crippen LogP contribution in [0.25, 0.3) is 0 Å². The molecule has 8 heteroatoms. The predicted molar refractivity (Wildman–Crippen MR) is 120 cm³/mol. The molecule has 31 heavy (non-hydrogen) atoms. The summed E-state index contributed by atoms with van der Waals surface area (Å²) in [5, 5.41) is 6.61. The van der Waals surface area contributed by atoms with Crippen molar-refractivity contribution in [3.05, 3.63) is 48.2 Å². The molecule has 1 fully saturated rings. The fourth-order valence-corrected chi connectivity index (χ4v) is 3.09. The lowest BCUT2D eigenvalue weighted by molar-refractivity contribution is 0.0420. The van der Waals surface area contributed by atoms with Gasteiger partial charge in [-0.3, -0.25) is 4.99 Å². The van der Waals surface area contributed by atoms with Crippen LogP contribution in [-0.2, 0) is 16.0 Å². The van der Waals surface area contributed by atoms with Gasteiger partial charge in [0, 0.05) is 45.6 Å². The third-order valence-corrected chi connectivity index (χ3v) is 4.70. The Bertz CT molecular complexity index is 807. The summed E-state index contributed by atoms with van der Waals surface area (Å²) in [6, 6.07) is 11.4. The lowest BCUT2D eigenvalue weighted by Gasteiger charge is -2.13. The minimum absolute atomic E-state index is 0.253. The molecule has 168 valence electrons. The van der Waals surface area contributed by atoms with E-state index < -0.39 is 0 Å². The van der Waals surface area contributed by atoms with Gasteiger partial charge >= 0.3 is 0 Å². The quantitative estimate of drug-likeness (QED) is 0.323. The molecule has 8 nitrogen and oxygen atoms in total. The number of hydrogen-bond acceptors (Lipinski definition) is 6. The molecule has 3 rings (SSSR count). The van der Waals surface area contributed by atoms with Crippen molar-refractivity contribution in [2.45, 2.75) is 32.4 Å². The van der Waals surface area contributed by atoms with Crippen LogP contribution in [0.4, 0.5) is 0 Å². The van der Waals surface area contributed by atoms with Crippen LogP contribution in [0, 0.1) is 0 Å². The molecule has 2 heterocycles. The van der Waals surface area contributed by atoms with E-state index in [2.05, 4.69) is 20.6 Å². The zero-order valence-electron chi connectivity index (χ0n) is 18.3. The highest BCUT2D eigenvalue weighted by Gasteiger charge is 2.15. The number of aliphatic imine (C=N–C) groups is 1. The van der Waals surface area contributed by atoms with Gasteiger partial charge in [-0.1, -0.05) is 0 Å². The Morgan fingerprint density at radius 1 is 1.19 bits per heavy atom. The Balaban J connectivity index is 1.39. The summed E-state index contributed by atoms with van der Waals surface area (Å²) >= 11 is 0. The number of nitrogens with zero attached hydrogens (tertiary/aromatic N) is 2. The Kier molecular flexibility index (Phi) is 9.40. The smallest absolute Gasteiger partial charge is 0.219 e. The summed E-state index contributed by atoms with van der Waals surface area (Å²) in [5.74, 6) is 2.82. The van der Waals surface area contributed by atoms with E-state index in [-0.39, 0.29) is 6.10 Å². The molecule has 0 bridgehead atoms. The molecular formula is C23H32N4O4. The fourth-order valence-electron chi connectivity index (χ4n) is 3.09. The van der Waals surface area contributed by atoms with Gasteiger partial charge in [-0.2, -0.15) is 0 Å². The average molecular weight is 429 g/mol. The van der Waals surface area contributed by atoms with Gasteiger partial charge in [-0.05, 0) is 55.7 Å². The highest BCUT2D eigenvalue weighted by atomic mass is 16.5. The highest BCUT2D eigenvalue weighted by molar-refractivity contribution is 5.79. The van der Waals surface area contributed by atoms with E-state index in [9.17, 15) is 0 Å². The lowest BCUT2D eigenvalue weighted by atomic mass is 10.2. The number of ether oxygens (including phenoxy) is 4. The van der Waals surface area contributed by atoms with Gasteiger partial charge in [0.25, 0.3) is 0 Å². The second kappa shape index (κ2) is 12.8. The van der Waals surface area contributed by atoms with Crippen molar-refractivity contribution in [3.63, 3.8) is 0 Å². The van der Waals surface area contributed by atoms with Crippen LogP contribution in [0.1, 0.15) is 25.3 Å². The van der Waals surface area contributed by atoms with Crippen molar-refractivity contribution >= 4 is 5.96 Å². The first-order valence-electron chi connectivity index (χ1n) is 10.8. The van der Waals surface area contributed by atoms with Crippen molar-refractivity contribution in [3.8, 4) is 17.4 Å². The number of pyridine rings is 1. The Morgan fingerprint density at radius 2 is 2.03 bits per heavy atom. The molecular weight excluding hydrogens is 396 g/mol. The third kappa shape index (κ3) is 8.07. The van der Waals surface area contributed by atoms with E-state index in [1.165, 1.54) is 0 Å². The van der Waals surface area contributed by atoms with Gasteiger partial charge in [-0.25, -0.2) is 4.98 Å². The zero-order chi connectivity index (χ0) is 21.7. The van der Waals surface area contributed by atoms with Crippen LogP contribution >= 0.6 is 0 Å². The summed E-state index contributed by atoms with van der Waals surface area (Å²) in [5.41, 5.74) is 1.04. The molecule has 1 unspecified atom stereocenters. The molecule has 1 aliphatic rings. The lowest BCUT2D eigenvalue weighted by Crippen LogP contribution is -2.37. The van der Waals surface area contributed by atoms with E-state index in [0.717, 1.165) is 43.3 Å². The number of hydrogen-bond donors (Lipinski definition) is 2. The maximum atomic E-state index is 5.86. The van der Waals surface area contributed by atoms with Crippen molar-refractivity contribution in [2.24, 2.45) is 4.99 Å². The second-order valence-electron chi connectivity index (χ2n) is 7.07. The summed E-state index contributed by atoms with van der Waals surface area (Å²) in [4.78, 5) is 8.56. The SMILES string of the molecule is CCOc1ccc(Oc2cc(CNC(=NC)NCCCOC3CCOC3)ccn2)cc1. The first-order chi connectivity index (χ1) is 15.3. The molecule has 1 aromatic heterocycles. The number of guanidine groups is 1. The van der Waals surface area contributed by atoms with Gasteiger partial charge in [0.1, 0.15) is 11.5 Å². The van der Waals surface area contributed by atoms with Crippen LogP contribution in [0.2, 0.25) is 0 Å². The van der Waals surface area contributed by atoms with E-state index in [0.29, 0.717) is 38.0 Å². The largest absolute Gasteiger partial charge is 0.494 e. The van der Waals surface area contributed by atoms with Crippen LogP contribution in [0.15, 0.2) is 47.6 Å². The first kappa shape index (κ1) is 22.8. The maximum Gasteiger partial charge on any atom is 0.219 e. The molecule has 1 saturated heterocycles. The molecule has 2 aromatic rings. The monoisotopic (exact) mass is 428 g/mol. The third-order valence-electron chi connectivity index (χ3n) is 4.70. The molecule has 2 N–H and O–H groups in total. The maximum absolute atomic E-state index is 5.86. The molecule has 1 aromatic carbocycles. The second-order valence-corrected chi connectivity index (χ2v) is 7.07. The van der Waals surface area contributed by atoms with Gasteiger partial charge in [0.15, 0.2) is 5.96 Å². The predicted octanol–water partition coefficient (Wildman–Crippen LogP) is 3.13. The molecule has 0 radical (unpaired) electrons. The molecule has 0 aliphatic carbocycles. The summed E-state index contributed by atoms with van der Waals surface area (Å²) < 4.78 is 22.4. The summed E-state index contributed by atoms with van der Waals surface area (Å²) in [6.07, 6.45) is 3.89. The number of nitrogens with one attached hydrogen (secondary N) is 2. The Labute approximate surface area is 184 Å². The van der Waals surface area contributed by atoms with Crippen molar-refractivity contribution in [1.29, 1.82) is 0 Å². The van der Waals surface area contributed by atoms with Gasteiger partial charge in [0.05, 0.1) is 19.3 Å². The summed E-state index contributed by atoms with van der Waals surface area (Å²) in [6.45, 7) is 6.23. The Morgan fingerprint density at radius 3 is 2.77 bits per heavy atom. The number of aromatic nitrogens is 1. The molecule has 0 amide bonds. The van der Waals surface area contributed by atoms with Crippen LogP contribution in [0.5, 0.6) is 17.4 Å². The molecule has 0 saturated carbocycles. The topological polar surface area (TPSA) is 86.2 Å². The van der Waals surface area contributed by atoms with Crippen molar-refractivity contribution in [1.82, 2.24) is 15.6 Å². The average Bonchev–Trinajstić information content (AvgIpc) is 3.31. The van der Waals surface area contributed by atoms with Gasteiger partial charge < -0.3 is 29.6 Å². The molecule has 1 aliphatic heterocycles. The van der Waals surface area contributed by atoms with Crippen molar-refractivity contribution in [2.75, 3.05) is 40.0 Å². The van der Waals surface area contributed by atoms with E-state index in [1.807, 2.05) is 43.3 Å². The minimum Gasteiger partial charge on any atom is -0.494 e. The van der Waals surface area contributed by atoms with Gasteiger partial charge in [-0.15, -0.1) is 0 Å². The van der Waals surface area contributed by atoms with Crippen LogP contribution in [0.3, 0.4) is 0 Å². The number of benzene rings is 1. The van der Waals surface area contributed by atoms with E-state index >= 15 is 0 Å². The van der Waals surface area contributed by atoms with Crippen LogP contribution in [-0.4, -0.2) is 57.1 Å². The Hall–Kier alpha value is -2.84. The first-order valence-corrected chi connectivity index (χ1v) is 10.8. The fraction of sp³-hybridized carbons (Fsp3) is 0.478. The molecule has 1 atom stereocenters. The number of rotatable bonds is 11. The zero-order valence-corrected chi connectivity index (χ0v) is 18.3. The van der Waals surface area contributed by atoms with E-state index in [4.69, 9.17) is 18.9 Å². The van der Waals surface area contributed by atoms with Crippen molar-refractivity contribution < 1.29 is 18.9 Å². The van der Waals surface area contributed by atoms with E-state index in [1.54, 1.807) is 13.2 Å². The summed E-state index contributed by atoms with van der Waals surface area (Å²) in [7, 11) is 1.76.